The number of carboxylic acid groups (broad SMARTS) is 1. The highest BCUT2D eigenvalue weighted by Crippen LogP contribution is 2.33. The molecular formula is C15H15NO3S2. The van der Waals surface area contributed by atoms with Gasteiger partial charge in [0, 0.05) is 4.88 Å². The number of aromatic carboxylic acids is 1. The fraction of sp³-hybridized carbons (Fsp3) is 0.333. The van der Waals surface area contributed by atoms with Crippen molar-refractivity contribution in [1.82, 2.24) is 0 Å². The highest BCUT2D eigenvalue weighted by Gasteiger charge is 2.22. The summed E-state index contributed by atoms with van der Waals surface area (Å²) in [5.41, 5.74) is 1.41. The minimum Gasteiger partial charge on any atom is -0.478 e. The summed E-state index contributed by atoms with van der Waals surface area (Å²) in [7, 11) is 0. The molecule has 0 fully saturated rings. The molecule has 0 saturated carbocycles. The van der Waals surface area contributed by atoms with Gasteiger partial charge in [0.05, 0.1) is 10.4 Å². The molecule has 1 unspecified atom stereocenters. The summed E-state index contributed by atoms with van der Waals surface area (Å²) < 4.78 is 0. The van der Waals surface area contributed by atoms with Crippen LogP contribution in [0, 0.1) is 5.92 Å². The Bertz CT molecular complexity index is 702. The van der Waals surface area contributed by atoms with E-state index in [2.05, 4.69) is 12.2 Å². The minimum atomic E-state index is -1.02. The van der Waals surface area contributed by atoms with Gasteiger partial charge < -0.3 is 10.4 Å². The Labute approximate surface area is 130 Å². The standard InChI is InChI=1S/C15H15NO3S2/c1-8-2-3-11-9(6-8)7-12(21-11)13(17)16-14-10(15(18)19)4-5-20-14/h4-5,7-8H,2-3,6H2,1H3,(H,16,17)(H,18,19). The third kappa shape index (κ3) is 2.87. The van der Waals surface area contributed by atoms with Crippen LogP contribution in [0.4, 0.5) is 5.00 Å². The number of thiophene rings is 2. The van der Waals surface area contributed by atoms with Gasteiger partial charge in [-0.3, -0.25) is 4.79 Å². The molecule has 0 radical (unpaired) electrons. The van der Waals surface area contributed by atoms with Crippen molar-refractivity contribution < 1.29 is 14.7 Å². The first kappa shape index (κ1) is 14.3. The molecule has 0 aromatic carbocycles. The fourth-order valence-corrected chi connectivity index (χ4v) is 4.43. The highest BCUT2D eigenvalue weighted by molar-refractivity contribution is 7.15. The summed E-state index contributed by atoms with van der Waals surface area (Å²) in [6.07, 6.45) is 3.23. The maximum absolute atomic E-state index is 12.3. The van der Waals surface area contributed by atoms with Gasteiger partial charge in [-0.15, -0.1) is 22.7 Å². The first-order chi connectivity index (χ1) is 10.0. The highest BCUT2D eigenvalue weighted by atomic mass is 32.1. The van der Waals surface area contributed by atoms with Crippen LogP contribution in [0.1, 0.15) is 43.8 Å². The van der Waals surface area contributed by atoms with Crippen LogP contribution in [0.2, 0.25) is 0 Å². The molecule has 0 spiro atoms. The number of nitrogens with one attached hydrogen (secondary N) is 1. The van der Waals surface area contributed by atoms with Gasteiger partial charge in [-0.05, 0) is 48.3 Å². The second-order valence-electron chi connectivity index (χ2n) is 5.33. The molecule has 1 aliphatic rings. The average Bonchev–Trinajstić information content (AvgIpc) is 3.04. The number of carbonyl (C=O) groups is 2. The van der Waals surface area contributed by atoms with Crippen LogP contribution in [0.5, 0.6) is 0 Å². The lowest BCUT2D eigenvalue weighted by Crippen LogP contribution is -2.11. The first-order valence-corrected chi connectivity index (χ1v) is 8.48. The molecule has 0 saturated heterocycles. The van der Waals surface area contributed by atoms with Gasteiger partial charge in [-0.25, -0.2) is 4.79 Å². The lowest BCUT2D eigenvalue weighted by molar-refractivity contribution is 0.0698. The Hall–Kier alpha value is -1.66. The minimum absolute atomic E-state index is 0.142. The number of hydrogen-bond acceptors (Lipinski definition) is 4. The van der Waals surface area contributed by atoms with E-state index in [4.69, 9.17) is 5.11 Å². The predicted octanol–water partition coefficient (Wildman–Crippen LogP) is 3.88. The SMILES string of the molecule is CC1CCc2sc(C(=O)Nc3sccc3C(=O)O)cc2C1. The Morgan fingerprint density at radius 1 is 1.43 bits per heavy atom. The molecule has 3 rings (SSSR count). The summed E-state index contributed by atoms with van der Waals surface area (Å²) in [5, 5.41) is 13.8. The Morgan fingerprint density at radius 2 is 2.24 bits per heavy atom. The molecule has 2 aromatic rings. The van der Waals surface area contributed by atoms with Crippen molar-refractivity contribution in [2.75, 3.05) is 5.32 Å². The third-order valence-corrected chi connectivity index (χ3v) is 5.74. The lowest BCUT2D eigenvalue weighted by atomic mass is 9.90. The second kappa shape index (κ2) is 5.61. The molecule has 1 atom stereocenters. The van der Waals surface area contributed by atoms with Crippen LogP contribution in [0.3, 0.4) is 0 Å². The van der Waals surface area contributed by atoms with E-state index in [1.165, 1.54) is 45.6 Å². The summed E-state index contributed by atoms with van der Waals surface area (Å²) in [4.78, 5) is 25.3. The monoisotopic (exact) mass is 321 g/mol. The van der Waals surface area contributed by atoms with Crippen LogP contribution in [0.25, 0.3) is 0 Å². The van der Waals surface area contributed by atoms with Gasteiger partial charge in [0.2, 0.25) is 0 Å². The number of aryl methyl sites for hydroxylation is 1. The molecule has 4 nitrogen and oxygen atoms in total. The number of amides is 1. The average molecular weight is 321 g/mol. The number of hydrogen-bond donors (Lipinski definition) is 2. The zero-order valence-electron chi connectivity index (χ0n) is 11.5. The Morgan fingerprint density at radius 3 is 3.00 bits per heavy atom. The maximum atomic E-state index is 12.3. The van der Waals surface area contributed by atoms with Crippen LogP contribution in [0.15, 0.2) is 17.5 Å². The third-order valence-electron chi connectivity index (χ3n) is 3.68. The van der Waals surface area contributed by atoms with E-state index in [1.54, 1.807) is 5.38 Å². The van der Waals surface area contributed by atoms with E-state index >= 15 is 0 Å². The number of fused-ring (bicyclic) bond motifs is 1. The van der Waals surface area contributed by atoms with E-state index in [-0.39, 0.29) is 11.5 Å². The summed E-state index contributed by atoms with van der Waals surface area (Å²) in [5.74, 6) is -0.572. The number of carboxylic acids is 1. The van der Waals surface area contributed by atoms with Crippen molar-refractivity contribution in [2.24, 2.45) is 5.92 Å². The predicted molar refractivity (Wildman–Crippen MR) is 84.7 cm³/mol. The number of rotatable bonds is 3. The smallest absolute Gasteiger partial charge is 0.338 e. The van der Waals surface area contributed by atoms with Gasteiger partial charge in [0.25, 0.3) is 5.91 Å². The molecule has 1 aliphatic carbocycles. The van der Waals surface area contributed by atoms with Crippen molar-refractivity contribution >= 4 is 39.6 Å². The summed E-state index contributed by atoms with van der Waals surface area (Å²) in [6, 6.07) is 3.46. The maximum Gasteiger partial charge on any atom is 0.338 e. The number of carbonyl (C=O) groups excluding carboxylic acids is 1. The topological polar surface area (TPSA) is 66.4 Å². The Balaban J connectivity index is 1.80. The molecule has 2 aromatic heterocycles. The zero-order chi connectivity index (χ0) is 15.0. The molecule has 21 heavy (non-hydrogen) atoms. The molecule has 0 aliphatic heterocycles. The van der Waals surface area contributed by atoms with E-state index in [0.29, 0.717) is 15.8 Å². The quantitative estimate of drug-likeness (QED) is 0.901. The van der Waals surface area contributed by atoms with E-state index in [9.17, 15) is 9.59 Å². The molecule has 110 valence electrons. The van der Waals surface area contributed by atoms with Crippen LogP contribution < -0.4 is 5.32 Å². The normalized spacial score (nSPS) is 17.3. The van der Waals surface area contributed by atoms with Gasteiger partial charge in [0.15, 0.2) is 0 Å². The van der Waals surface area contributed by atoms with E-state index in [1.807, 2.05) is 6.07 Å². The van der Waals surface area contributed by atoms with Gasteiger partial charge >= 0.3 is 5.97 Å². The van der Waals surface area contributed by atoms with Gasteiger partial charge in [0.1, 0.15) is 5.00 Å². The zero-order valence-corrected chi connectivity index (χ0v) is 13.1. The molecule has 2 heterocycles. The van der Waals surface area contributed by atoms with Crippen molar-refractivity contribution in [3.63, 3.8) is 0 Å². The van der Waals surface area contributed by atoms with Crippen LogP contribution in [-0.2, 0) is 12.8 Å². The van der Waals surface area contributed by atoms with Crippen molar-refractivity contribution in [1.29, 1.82) is 0 Å². The van der Waals surface area contributed by atoms with Crippen LogP contribution in [-0.4, -0.2) is 17.0 Å². The molecular weight excluding hydrogens is 306 g/mol. The van der Waals surface area contributed by atoms with Crippen molar-refractivity contribution in [2.45, 2.75) is 26.2 Å². The van der Waals surface area contributed by atoms with Gasteiger partial charge in [-0.1, -0.05) is 6.92 Å². The molecule has 0 bridgehead atoms. The summed E-state index contributed by atoms with van der Waals surface area (Å²) in [6.45, 7) is 2.23. The number of anilines is 1. The van der Waals surface area contributed by atoms with E-state index < -0.39 is 5.97 Å². The lowest BCUT2D eigenvalue weighted by Gasteiger charge is -2.16. The van der Waals surface area contributed by atoms with E-state index in [0.717, 1.165) is 12.8 Å². The van der Waals surface area contributed by atoms with Crippen molar-refractivity contribution in [3.05, 3.63) is 38.4 Å². The fourth-order valence-electron chi connectivity index (χ4n) is 2.56. The first-order valence-electron chi connectivity index (χ1n) is 6.78. The second-order valence-corrected chi connectivity index (χ2v) is 7.38. The largest absolute Gasteiger partial charge is 0.478 e. The molecule has 6 heteroatoms. The molecule has 1 amide bonds. The summed E-state index contributed by atoms with van der Waals surface area (Å²) >= 11 is 2.75. The Kier molecular flexibility index (Phi) is 3.82. The molecule has 2 N–H and O–H groups in total. The van der Waals surface area contributed by atoms with Gasteiger partial charge in [-0.2, -0.15) is 0 Å². The van der Waals surface area contributed by atoms with Crippen molar-refractivity contribution in [3.8, 4) is 0 Å². The van der Waals surface area contributed by atoms with Crippen LogP contribution >= 0.6 is 22.7 Å².